The summed E-state index contributed by atoms with van der Waals surface area (Å²) in [7, 11) is -1.42. The van der Waals surface area contributed by atoms with E-state index < -0.39 is 7.12 Å². The van der Waals surface area contributed by atoms with Crippen LogP contribution < -0.4 is 5.46 Å². The summed E-state index contributed by atoms with van der Waals surface area (Å²) < 4.78 is 5.94. The summed E-state index contributed by atoms with van der Waals surface area (Å²) in [6.45, 7) is 10.9. The molecule has 0 bridgehead atoms. The zero-order chi connectivity index (χ0) is 13.7. The zero-order valence-electron chi connectivity index (χ0n) is 11.7. The fourth-order valence-corrected chi connectivity index (χ4v) is 2.58. The van der Waals surface area contributed by atoms with E-state index in [9.17, 15) is 10.0 Å². The third-order valence-corrected chi connectivity index (χ3v) is 3.86. The van der Waals surface area contributed by atoms with Crippen LogP contribution >= 0.6 is 0 Å². The predicted molar refractivity (Wildman–Crippen MR) is 73.0 cm³/mol. The number of aryl methyl sites for hydroxylation is 1. The van der Waals surface area contributed by atoms with E-state index in [0.29, 0.717) is 12.1 Å². The van der Waals surface area contributed by atoms with Gasteiger partial charge in [-0.3, -0.25) is 0 Å². The molecule has 3 nitrogen and oxygen atoms in total. The zero-order valence-corrected chi connectivity index (χ0v) is 11.7. The van der Waals surface area contributed by atoms with Crippen molar-refractivity contribution in [3.63, 3.8) is 0 Å². The number of fused-ring (bicyclic) bond motifs is 1. The van der Waals surface area contributed by atoms with Gasteiger partial charge in [-0.15, -0.1) is 0 Å². The molecule has 1 aliphatic rings. The quantitative estimate of drug-likeness (QED) is 0.734. The Morgan fingerprint density at radius 3 is 2.28 bits per heavy atom. The highest BCUT2D eigenvalue weighted by molar-refractivity contribution is 6.59. The molecule has 0 saturated heterocycles. The summed E-state index contributed by atoms with van der Waals surface area (Å²) >= 11 is 0. The molecule has 0 aliphatic carbocycles. The van der Waals surface area contributed by atoms with Crippen LogP contribution in [0.25, 0.3) is 0 Å². The van der Waals surface area contributed by atoms with Gasteiger partial charge < -0.3 is 14.8 Å². The van der Waals surface area contributed by atoms with Crippen molar-refractivity contribution in [1.82, 2.24) is 0 Å². The summed E-state index contributed by atoms with van der Waals surface area (Å²) in [5.41, 5.74) is 3.32. The smallest absolute Gasteiger partial charge is 0.423 e. The Labute approximate surface area is 109 Å². The molecular weight excluding hydrogens is 227 g/mol. The first-order valence-corrected chi connectivity index (χ1v) is 6.31. The standard InChI is InChI=1S/C14H21BO3/c1-9-6-11-10(7-12(9)15(16)17)13(2,3)8-18-14(11,4)5/h6-7,16-17H,8H2,1-5H3. The normalized spacial score (nSPS) is 20.4. The van der Waals surface area contributed by atoms with Crippen molar-refractivity contribution in [3.8, 4) is 0 Å². The SMILES string of the molecule is Cc1cc2c(cc1B(O)O)C(C)(C)COC2(C)C. The maximum absolute atomic E-state index is 9.43. The molecule has 1 aliphatic heterocycles. The average Bonchev–Trinajstić information content (AvgIpc) is 2.24. The molecule has 0 radical (unpaired) electrons. The molecule has 0 amide bonds. The fraction of sp³-hybridized carbons (Fsp3) is 0.571. The molecule has 4 heteroatoms. The molecule has 98 valence electrons. The van der Waals surface area contributed by atoms with Crippen molar-refractivity contribution in [2.45, 2.75) is 45.6 Å². The highest BCUT2D eigenvalue weighted by Gasteiger charge is 2.39. The van der Waals surface area contributed by atoms with Crippen LogP contribution in [0.3, 0.4) is 0 Å². The van der Waals surface area contributed by atoms with E-state index in [0.717, 1.165) is 16.7 Å². The van der Waals surface area contributed by atoms with Gasteiger partial charge in [-0.05, 0) is 37.4 Å². The molecule has 0 saturated carbocycles. The van der Waals surface area contributed by atoms with E-state index in [1.54, 1.807) is 0 Å². The third kappa shape index (κ3) is 2.09. The fourth-order valence-electron chi connectivity index (χ4n) is 2.58. The molecule has 0 fully saturated rings. The van der Waals surface area contributed by atoms with Crippen LogP contribution in [0.15, 0.2) is 12.1 Å². The largest absolute Gasteiger partial charge is 0.488 e. The van der Waals surface area contributed by atoms with E-state index in [1.807, 2.05) is 19.1 Å². The van der Waals surface area contributed by atoms with Crippen LogP contribution in [0.5, 0.6) is 0 Å². The van der Waals surface area contributed by atoms with Crippen LogP contribution in [0.4, 0.5) is 0 Å². The lowest BCUT2D eigenvalue weighted by atomic mass is 9.69. The molecule has 1 heterocycles. The topological polar surface area (TPSA) is 49.7 Å². The third-order valence-electron chi connectivity index (χ3n) is 3.86. The van der Waals surface area contributed by atoms with Crippen LogP contribution in [-0.4, -0.2) is 23.8 Å². The molecule has 1 aromatic carbocycles. The first-order valence-electron chi connectivity index (χ1n) is 6.31. The van der Waals surface area contributed by atoms with Gasteiger partial charge in [0.25, 0.3) is 0 Å². The summed E-state index contributed by atoms with van der Waals surface area (Å²) in [6.07, 6.45) is 0. The van der Waals surface area contributed by atoms with Crippen molar-refractivity contribution in [2.75, 3.05) is 6.61 Å². The highest BCUT2D eigenvalue weighted by atomic mass is 16.5. The van der Waals surface area contributed by atoms with Crippen molar-refractivity contribution >= 4 is 12.6 Å². The maximum atomic E-state index is 9.43. The lowest BCUT2D eigenvalue weighted by Crippen LogP contribution is -2.43. The molecule has 18 heavy (non-hydrogen) atoms. The minimum Gasteiger partial charge on any atom is -0.423 e. The first kappa shape index (κ1) is 13.6. The number of hydrogen-bond acceptors (Lipinski definition) is 3. The van der Waals surface area contributed by atoms with Gasteiger partial charge in [-0.2, -0.15) is 0 Å². The maximum Gasteiger partial charge on any atom is 0.488 e. The van der Waals surface area contributed by atoms with Crippen LogP contribution in [-0.2, 0) is 15.8 Å². The van der Waals surface area contributed by atoms with Gasteiger partial charge in [0.1, 0.15) is 0 Å². The Balaban J connectivity index is 2.69. The Hall–Kier alpha value is -0.835. The second kappa shape index (κ2) is 4.09. The van der Waals surface area contributed by atoms with Gasteiger partial charge in [-0.1, -0.05) is 31.5 Å². The lowest BCUT2D eigenvalue weighted by molar-refractivity contribution is -0.0587. The Kier molecular flexibility index (Phi) is 3.09. The van der Waals surface area contributed by atoms with Crippen LogP contribution in [0.1, 0.15) is 44.4 Å². The molecule has 0 spiro atoms. The van der Waals surface area contributed by atoms with E-state index in [2.05, 4.69) is 27.7 Å². The van der Waals surface area contributed by atoms with Crippen molar-refractivity contribution in [3.05, 3.63) is 28.8 Å². The number of hydrogen-bond donors (Lipinski definition) is 2. The average molecular weight is 248 g/mol. The van der Waals surface area contributed by atoms with Crippen molar-refractivity contribution in [1.29, 1.82) is 0 Å². The Morgan fingerprint density at radius 1 is 1.11 bits per heavy atom. The van der Waals surface area contributed by atoms with Crippen molar-refractivity contribution in [2.24, 2.45) is 0 Å². The minimum atomic E-state index is -1.42. The van der Waals surface area contributed by atoms with Crippen molar-refractivity contribution < 1.29 is 14.8 Å². The van der Waals surface area contributed by atoms with Crippen LogP contribution in [0, 0.1) is 6.92 Å². The first-order chi connectivity index (χ1) is 8.15. The number of benzene rings is 1. The van der Waals surface area contributed by atoms with E-state index in [-0.39, 0.29) is 11.0 Å². The molecule has 0 atom stereocenters. The molecular formula is C14H21BO3. The monoisotopic (exact) mass is 248 g/mol. The molecule has 0 unspecified atom stereocenters. The van der Waals surface area contributed by atoms with E-state index >= 15 is 0 Å². The van der Waals surface area contributed by atoms with E-state index in [1.165, 1.54) is 0 Å². The van der Waals surface area contributed by atoms with Gasteiger partial charge in [0.2, 0.25) is 0 Å². The van der Waals surface area contributed by atoms with Gasteiger partial charge >= 0.3 is 7.12 Å². The van der Waals surface area contributed by atoms with Gasteiger partial charge in [0.15, 0.2) is 0 Å². The van der Waals surface area contributed by atoms with E-state index in [4.69, 9.17) is 4.74 Å². The Morgan fingerprint density at radius 2 is 1.72 bits per heavy atom. The van der Waals surface area contributed by atoms with Gasteiger partial charge in [-0.25, -0.2) is 0 Å². The minimum absolute atomic E-state index is 0.109. The highest BCUT2D eigenvalue weighted by Crippen LogP contribution is 2.40. The summed E-state index contributed by atoms with van der Waals surface area (Å²) in [5, 5.41) is 18.9. The summed E-state index contributed by atoms with van der Waals surface area (Å²) in [5.74, 6) is 0. The molecule has 2 rings (SSSR count). The second-order valence-electron chi connectivity index (χ2n) is 6.31. The summed E-state index contributed by atoms with van der Waals surface area (Å²) in [4.78, 5) is 0. The predicted octanol–water partition coefficient (Wildman–Crippen LogP) is 1.22. The lowest BCUT2D eigenvalue weighted by Gasteiger charge is -2.42. The summed E-state index contributed by atoms with van der Waals surface area (Å²) in [6, 6.07) is 3.94. The number of ether oxygens (including phenoxy) is 1. The van der Waals surface area contributed by atoms with Gasteiger partial charge in [0.05, 0.1) is 12.2 Å². The number of rotatable bonds is 1. The molecule has 1 aromatic rings. The molecule has 0 aromatic heterocycles. The van der Waals surface area contributed by atoms with Crippen LogP contribution in [0.2, 0.25) is 0 Å². The molecule has 2 N–H and O–H groups in total. The Bertz CT molecular complexity index is 478. The second-order valence-corrected chi connectivity index (χ2v) is 6.31. The van der Waals surface area contributed by atoms with Gasteiger partial charge in [0, 0.05) is 5.41 Å².